The van der Waals surface area contributed by atoms with Crippen LogP contribution in [-0.4, -0.2) is 44.9 Å². The molecule has 1 aliphatic rings. The number of aliphatic carboxylic acids is 1. The fourth-order valence-corrected chi connectivity index (χ4v) is 3.10. The van der Waals surface area contributed by atoms with Crippen LogP contribution in [0.4, 0.5) is 11.4 Å². The van der Waals surface area contributed by atoms with Crippen molar-refractivity contribution in [1.29, 1.82) is 0 Å². The monoisotopic (exact) mass is 339 g/mol. The summed E-state index contributed by atoms with van der Waals surface area (Å²) in [5.41, 5.74) is 0.103. The molecule has 9 nitrogen and oxygen atoms in total. The number of hydrogen-bond donors (Lipinski definition) is 3. The smallest absolute Gasteiger partial charge is 0.327 e. The molecule has 0 bridgehead atoms. The Morgan fingerprint density at radius 3 is 2.83 bits per heavy atom. The van der Waals surface area contributed by atoms with Crippen molar-refractivity contribution in [3.63, 3.8) is 0 Å². The quantitative estimate of drug-likeness (QED) is 0.527. The summed E-state index contributed by atoms with van der Waals surface area (Å²) in [5, 5.41) is 23.6. The van der Waals surface area contributed by atoms with Gasteiger partial charge in [-0.15, -0.1) is 11.8 Å². The summed E-state index contributed by atoms with van der Waals surface area (Å²) >= 11 is 1.09. The van der Waals surface area contributed by atoms with E-state index in [1.54, 1.807) is 0 Å². The van der Waals surface area contributed by atoms with Gasteiger partial charge in [0.05, 0.1) is 10.2 Å². The number of thioether (sulfide) groups is 1. The first-order chi connectivity index (χ1) is 10.9. The van der Waals surface area contributed by atoms with E-state index in [-0.39, 0.29) is 23.5 Å². The Bertz CT molecular complexity index is 665. The molecule has 0 spiro atoms. The molecule has 1 aromatic carbocycles. The Morgan fingerprint density at radius 1 is 1.48 bits per heavy atom. The van der Waals surface area contributed by atoms with E-state index in [9.17, 15) is 24.5 Å². The topological polar surface area (TPSA) is 139 Å². The molecule has 2 atom stereocenters. The van der Waals surface area contributed by atoms with E-state index in [0.29, 0.717) is 0 Å². The number of anilines is 1. The van der Waals surface area contributed by atoms with Crippen LogP contribution in [0.1, 0.15) is 6.42 Å². The van der Waals surface area contributed by atoms with Crippen LogP contribution in [0.5, 0.6) is 0 Å². The molecule has 1 heterocycles. The number of amides is 2. The van der Waals surface area contributed by atoms with Crippen LogP contribution in [0.15, 0.2) is 24.3 Å². The summed E-state index contributed by atoms with van der Waals surface area (Å²) in [6, 6.07) is 4.49. The van der Waals surface area contributed by atoms with E-state index in [2.05, 4.69) is 10.6 Å². The van der Waals surface area contributed by atoms with Crippen LogP contribution < -0.4 is 10.6 Å². The maximum Gasteiger partial charge on any atom is 0.327 e. The summed E-state index contributed by atoms with van der Waals surface area (Å²) < 4.78 is 0. The minimum absolute atomic E-state index is 0.147. The number of hydrogen-bond acceptors (Lipinski definition) is 6. The number of benzene rings is 1. The Morgan fingerprint density at radius 2 is 2.22 bits per heavy atom. The highest BCUT2D eigenvalue weighted by molar-refractivity contribution is 8.00. The highest BCUT2D eigenvalue weighted by atomic mass is 32.2. The molecule has 1 aromatic rings. The number of carboxylic acids is 1. The fourth-order valence-electron chi connectivity index (χ4n) is 1.96. The SMILES string of the molecule is O=C(CC1SCC(C(=O)O)NC1=O)Nc1cccc([N+](=O)[O-])c1. The molecular weight excluding hydrogens is 326 g/mol. The van der Waals surface area contributed by atoms with Crippen LogP contribution in [0.2, 0.25) is 0 Å². The molecule has 0 aliphatic carbocycles. The van der Waals surface area contributed by atoms with Gasteiger partial charge in [0.2, 0.25) is 11.8 Å². The van der Waals surface area contributed by atoms with E-state index in [1.807, 2.05) is 0 Å². The number of rotatable bonds is 5. The lowest BCUT2D eigenvalue weighted by atomic mass is 10.2. The maximum absolute atomic E-state index is 11.9. The molecule has 23 heavy (non-hydrogen) atoms. The lowest BCUT2D eigenvalue weighted by Crippen LogP contribution is -2.51. The molecule has 2 unspecified atom stereocenters. The number of nitrogens with zero attached hydrogens (tertiary/aromatic N) is 1. The van der Waals surface area contributed by atoms with Crippen molar-refractivity contribution < 1.29 is 24.4 Å². The Kier molecular flexibility index (Phi) is 5.16. The molecule has 122 valence electrons. The molecular formula is C13H13N3O6S. The second kappa shape index (κ2) is 7.09. The second-order valence-electron chi connectivity index (χ2n) is 4.78. The van der Waals surface area contributed by atoms with E-state index in [0.717, 1.165) is 11.8 Å². The normalized spacial score (nSPS) is 20.4. The van der Waals surface area contributed by atoms with Crippen molar-refractivity contribution in [3.05, 3.63) is 34.4 Å². The fraction of sp³-hybridized carbons (Fsp3) is 0.308. The average molecular weight is 339 g/mol. The molecule has 2 amide bonds. The molecule has 1 saturated heterocycles. The van der Waals surface area contributed by atoms with Gasteiger partial charge in [-0.05, 0) is 6.07 Å². The Balaban J connectivity index is 1.93. The van der Waals surface area contributed by atoms with Gasteiger partial charge in [0.15, 0.2) is 0 Å². The average Bonchev–Trinajstić information content (AvgIpc) is 2.49. The zero-order valence-corrected chi connectivity index (χ0v) is 12.5. The minimum atomic E-state index is -1.12. The number of non-ortho nitro benzene ring substituents is 1. The number of carboxylic acid groups (broad SMARTS) is 1. The number of nitrogens with one attached hydrogen (secondary N) is 2. The lowest BCUT2D eigenvalue weighted by Gasteiger charge is -2.25. The van der Waals surface area contributed by atoms with Gasteiger partial charge >= 0.3 is 5.97 Å². The Hall–Kier alpha value is -2.62. The number of carbonyl (C=O) groups excluding carboxylic acids is 2. The first-order valence-electron chi connectivity index (χ1n) is 6.56. The molecule has 1 fully saturated rings. The van der Waals surface area contributed by atoms with Crippen LogP contribution in [0.3, 0.4) is 0 Å². The van der Waals surface area contributed by atoms with Gasteiger partial charge in [0.1, 0.15) is 6.04 Å². The third-order valence-corrected chi connectivity index (χ3v) is 4.39. The summed E-state index contributed by atoms with van der Waals surface area (Å²) in [6.45, 7) is 0. The zero-order valence-electron chi connectivity index (χ0n) is 11.7. The number of carbonyl (C=O) groups is 3. The predicted octanol–water partition coefficient (Wildman–Crippen LogP) is 0.608. The largest absolute Gasteiger partial charge is 0.480 e. The van der Waals surface area contributed by atoms with Gasteiger partial charge in [-0.2, -0.15) is 0 Å². The molecule has 0 aromatic heterocycles. The number of nitro benzene ring substituents is 1. The van der Waals surface area contributed by atoms with Crippen LogP contribution in [-0.2, 0) is 14.4 Å². The van der Waals surface area contributed by atoms with Crippen molar-refractivity contribution in [2.75, 3.05) is 11.1 Å². The third kappa shape index (κ3) is 4.42. The first kappa shape index (κ1) is 16.7. The third-order valence-electron chi connectivity index (χ3n) is 3.08. The van der Waals surface area contributed by atoms with Crippen molar-refractivity contribution in [2.24, 2.45) is 0 Å². The molecule has 10 heteroatoms. The van der Waals surface area contributed by atoms with E-state index in [4.69, 9.17) is 5.11 Å². The van der Waals surface area contributed by atoms with Crippen LogP contribution in [0, 0.1) is 10.1 Å². The van der Waals surface area contributed by atoms with Gasteiger partial charge in [-0.3, -0.25) is 19.7 Å². The molecule has 3 N–H and O–H groups in total. The van der Waals surface area contributed by atoms with E-state index < -0.39 is 34.0 Å². The maximum atomic E-state index is 11.9. The Labute approximate surface area is 134 Å². The van der Waals surface area contributed by atoms with Crippen molar-refractivity contribution >= 4 is 40.9 Å². The highest BCUT2D eigenvalue weighted by Crippen LogP contribution is 2.22. The molecule has 0 saturated carbocycles. The lowest BCUT2D eigenvalue weighted by molar-refractivity contribution is -0.384. The van der Waals surface area contributed by atoms with Gasteiger partial charge < -0.3 is 15.7 Å². The summed E-state index contributed by atoms with van der Waals surface area (Å²) in [7, 11) is 0. The molecule has 2 rings (SSSR count). The second-order valence-corrected chi connectivity index (χ2v) is 6.02. The minimum Gasteiger partial charge on any atom is -0.480 e. The highest BCUT2D eigenvalue weighted by Gasteiger charge is 2.33. The van der Waals surface area contributed by atoms with E-state index in [1.165, 1.54) is 24.3 Å². The van der Waals surface area contributed by atoms with Crippen LogP contribution in [0.25, 0.3) is 0 Å². The van der Waals surface area contributed by atoms with Gasteiger partial charge in [-0.25, -0.2) is 4.79 Å². The summed E-state index contributed by atoms with van der Waals surface area (Å²) in [5.74, 6) is -1.93. The van der Waals surface area contributed by atoms with Gasteiger partial charge in [0.25, 0.3) is 5.69 Å². The van der Waals surface area contributed by atoms with Gasteiger partial charge in [-0.1, -0.05) is 6.07 Å². The van der Waals surface area contributed by atoms with Crippen molar-refractivity contribution in [3.8, 4) is 0 Å². The standard InChI is InChI=1S/C13H13N3O6S/c17-11(14-7-2-1-3-8(4-7)16(21)22)5-10-12(18)15-9(6-23-10)13(19)20/h1-4,9-10H,5-6H2,(H,14,17)(H,15,18)(H,19,20). The summed E-state index contributed by atoms with van der Waals surface area (Å²) in [4.78, 5) is 44.6. The zero-order chi connectivity index (χ0) is 17.0. The van der Waals surface area contributed by atoms with Crippen molar-refractivity contribution in [1.82, 2.24) is 5.32 Å². The predicted molar refractivity (Wildman–Crippen MR) is 82.2 cm³/mol. The molecule has 0 radical (unpaired) electrons. The molecule has 1 aliphatic heterocycles. The number of nitro groups is 1. The van der Waals surface area contributed by atoms with E-state index >= 15 is 0 Å². The first-order valence-corrected chi connectivity index (χ1v) is 7.61. The van der Waals surface area contributed by atoms with Gasteiger partial charge in [0, 0.05) is 30.0 Å². The summed E-state index contributed by atoms with van der Waals surface area (Å²) in [6.07, 6.45) is -0.147. The van der Waals surface area contributed by atoms with Crippen LogP contribution >= 0.6 is 11.8 Å². The van der Waals surface area contributed by atoms with Crippen molar-refractivity contribution in [2.45, 2.75) is 17.7 Å².